The normalized spacial score (nSPS) is 13.3. The molecule has 1 atom stereocenters. The average Bonchev–Trinajstić information content (AvgIpc) is 3.17. The number of oxazole rings is 1. The van der Waals surface area contributed by atoms with Crippen LogP contribution in [-0.4, -0.2) is 33.9 Å². The molecule has 3 aromatic rings. The molecule has 6 heteroatoms. The van der Waals surface area contributed by atoms with E-state index in [1.807, 2.05) is 39.8 Å². The summed E-state index contributed by atoms with van der Waals surface area (Å²) in [6, 6.07) is 10.8. The van der Waals surface area contributed by atoms with Gasteiger partial charge in [-0.3, -0.25) is 0 Å². The number of aromatic nitrogens is 1. The van der Waals surface area contributed by atoms with E-state index < -0.39 is 17.5 Å². The maximum absolute atomic E-state index is 11.3. The number of hydrogen-bond acceptors (Lipinski definition) is 5. The van der Waals surface area contributed by atoms with Crippen molar-refractivity contribution in [3.63, 3.8) is 0 Å². The molecule has 0 fully saturated rings. The molecule has 1 unspecified atom stereocenters. The number of fused-ring (bicyclic) bond motifs is 1. The van der Waals surface area contributed by atoms with Crippen LogP contribution in [0.1, 0.15) is 74.8 Å². The molecule has 1 heterocycles. The van der Waals surface area contributed by atoms with E-state index in [1.54, 1.807) is 12.1 Å². The molecule has 3 rings (SSSR count). The van der Waals surface area contributed by atoms with Crippen LogP contribution >= 0.6 is 0 Å². The van der Waals surface area contributed by atoms with Gasteiger partial charge in [0.05, 0.1) is 17.1 Å². The first-order valence-corrected chi connectivity index (χ1v) is 11.1. The fourth-order valence-electron chi connectivity index (χ4n) is 3.88. The van der Waals surface area contributed by atoms with E-state index in [1.165, 1.54) is 6.07 Å². The Morgan fingerprint density at radius 3 is 2.38 bits per heavy atom. The van der Waals surface area contributed by atoms with Crippen molar-refractivity contribution in [3.8, 4) is 5.75 Å². The van der Waals surface area contributed by atoms with Gasteiger partial charge in [-0.15, -0.1) is 0 Å². The van der Waals surface area contributed by atoms with Crippen LogP contribution in [0.2, 0.25) is 0 Å². The molecule has 2 aromatic carbocycles. The number of carboxylic acids is 1. The van der Waals surface area contributed by atoms with Crippen LogP contribution in [-0.2, 0) is 5.41 Å². The third-order valence-corrected chi connectivity index (χ3v) is 6.37. The van der Waals surface area contributed by atoms with Gasteiger partial charge in [-0.25, -0.2) is 9.78 Å². The number of rotatable bonds is 8. The summed E-state index contributed by atoms with van der Waals surface area (Å²) in [5, 5.41) is 19.6. The van der Waals surface area contributed by atoms with Gasteiger partial charge in [-0.2, -0.15) is 0 Å². The summed E-state index contributed by atoms with van der Waals surface area (Å²) in [6.07, 6.45) is 0.969. The second-order valence-corrected chi connectivity index (χ2v) is 9.47. The number of ether oxygens (including phenoxy) is 1. The van der Waals surface area contributed by atoms with Crippen LogP contribution in [0.3, 0.4) is 0 Å². The summed E-state index contributed by atoms with van der Waals surface area (Å²) in [5.74, 6) is 0.328. The van der Waals surface area contributed by atoms with Crippen molar-refractivity contribution in [2.45, 2.75) is 65.9 Å². The van der Waals surface area contributed by atoms with Crippen LogP contribution in [0.15, 0.2) is 40.8 Å². The average molecular weight is 440 g/mol. The van der Waals surface area contributed by atoms with E-state index in [4.69, 9.17) is 14.1 Å². The second kappa shape index (κ2) is 8.94. The zero-order valence-electron chi connectivity index (χ0n) is 19.7. The molecule has 1 aromatic heterocycles. The first kappa shape index (κ1) is 23.8. The summed E-state index contributed by atoms with van der Waals surface area (Å²) >= 11 is 0. The number of hydrogen-bond donors (Lipinski definition) is 2. The first-order valence-electron chi connectivity index (χ1n) is 11.1. The Morgan fingerprint density at radius 1 is 1.12 bits per heavy atom. The van der Waals surface area contributed by atoms with Gasteiger partial charge in [0.15, 0.2) is 5.58 Å². The number of aromatic carboxylic acids is 1. The quantitative estimate of drug-likeness (QED) is 0.466. The van der Waals surface area contributed by atoms with E-state index in [2.05, 4.69) is 19.9 Å². The van der Waals surface area contributed by atoms with E-state index in [9.17, 15) is 15.0 Å². The van der Waals surface area contributed by atoms with Crippen molar-refractivity contribution in [1.82, 2.24) is 4.98 Å². The highest BCUT2D eigenvalue weighted by molar-refractivity contribution is 5.91. The molecule has 0 saturated heterocycles. The molecule has 6 nitrogen and oxygen atoms in total. The number of benzene rings is 2. The number of carboxylic acid groups (broad SMARTS) is 1. The minimum absolute atomic E-state index is 0.186. The van der Waals surface area contributed by atoms with Gasteiger partial charge in [0.25, 0.3) is 0 Å². The lowest BCUT2D eigenvalue weighted by Gasteiger charge is -2.30. The highest BCUT2D eigenvalue weighted by Crippen LogP contribution is 2.41. The van der Waals surface area contributed by atoms with Crippen molar-refractivity contribution >= 4 is 17.1 Å². The zero-order chi connectivity index (χ0) is 23.7. The molecular formula is C26H33NO5. The van der Waals surface area contributed by atoms with Gasteiger partial charge in [-0.05, 0) is 60.6 Å². The molecule has 0 spiro atoms. The standard InChI is InChI=1S/C26H33NO5/c1-7-26(8-2,24-27-19-14-17(23(29)30)9-11-21(19)32-24)18-10-12-20(16(3)13-18)31-15-22(28)25(4,5)6/h9-14,22,28H,7-8,15H2,1-6H3,(H,29,30). The minimum atomic E-state index is -0.989. The SMILES string of the molecule is CCC(CC)(c1ccc(OCC(O)C(C)(C)C)c(C)c1)c1nc2cc(C(=O)O)ccc2o1. The number of nitrogens with zero attached hydrogens (tertiary/aromatic N) is 1. The third-order valence-electron chi connectivity index (χ3n) is 6.37. The number of aliphatic hydroxyl groups is 1. The fourth-order valence-corrected chi connectivity index (χ4v) is 3.88. The topological polar surface area (TPSA) is 92.8 Å². The predicted octanol–water partition coefficient (Wildman–Crippen LogP) is 5.73. The molecule has 2 N–H and O–H groups in total. The van der Waals surface area contributed by atoms with Crippen molar-refractivity contribution < 1.29 is 24.2 Å². The summed E-state index contributed by atoms with van der Waals surface area (Å²) in [5.41, 5.74) is 2.64. The van der Waals surface area contributed by atoms with Gasteiger partial charge in [0.1, 0.15) is 17.9 Å². The Morgan fingerprint density at radius 2 is 1.81 bits per heavy atom. The lowest BCUT2D eigenvalue weighted by atomic mass is 9.75. The lowest BCUT2D eigenvalue weighted by molar-refractivity contribution is 0.0216. The fraction of sp³-hybridized carbons (Fsp3) is 0.462. The van der Waals surface area contributed by atoms with E-state index in [-0.39, 0.29) is 17.6 Å². The number of aliphatic hydroxyl groups excluding tert-OH is 1. The van der Waals surface area contributed by atoms with Crippen molar-refractivity contribution in [2.24, 2.45) is 5.41 Å². The Bertz CT molecular complexity index is 1110. The van der Waals surface area contributed by atoms with Crippen LogP contribution in [0, 0.1) is 12.3 Å². The van der Waals surface area contributed by atoms with Crippen LogP contribution in [0.4, 0.5) is 0 Å². The summed E-state index contributed by atoms with van der Waals surface area (Å²) in [4.78, 5) is 16.0. The maximum Gasteiger partial charge on any atom is 0.335 e. The van der Waals surface area contributed by atoms with Gasteiger partial charge in [-0.1, -0.05) is 46.8 Å². The Labute approximate surface area is 189 Å². The first-order chi connectivity index (χ1) is 15.0. The monoisotopic (exact) mass is 439 g/mol. The highest BCUT2D eigenvalue weighted by atomic mass is 16.5. The van der Waals surface area contributed by atoms with Gasteiger partial charge >= 0.3 is 5.97 Å². The molecule has 32 heavy (non-hydrogen) atoms. The molecule has 0 saturated carbocycles. The number of carbonyl (C=O) groups is 1. The van der Waals surface area contributed by atoms with Gasteiger partial charge < -0.3 is 19.4 Å². The molecule has 0 aliphatic rings. The minimum Gasteiger partial charge on any atom is -0.491 e. The summed E-state index contributed by atoms with van der Waals surface area (Å²) in [7, 11) is 0. The van der Waals surface area contributed by atoms with E-state index in [0.29, 0.717) is 17.0 Å². The van der Waals surface area contributed by atoms with Crippen LogP contribution < -0.4 is 4.74 Å². The maximum atomic E-state index is 11.3. The largest absolute Gasteiger partial charge is 0.491 e. The molecular weight excluding hydrogens is 406 g/mol. The molecule has 0 amide bonds. The molecule has 0 bridgehead atoms. The smallest absolute Gasteiger partial charge is 0.335 e. The third kappa shape index (κ3) is 4.51. The molecule has 0 aliphatic heterocycles. The van der Waals surface area contributed by atoms with Crippen molar-refractivity contribution in [2.75, 3.05) is 6.61 Å². The Balaban J connectivity index is 1.96. The predicted molar refractivity (Wildman–Crippen MR) is 124 cm³/mol. The molecule has 0 radical (unpaired) electrons. The zero-order valence-corrected chi connectivity index (χ0v) is 19.7. The lowest BCUT2D eigenvalue weighted by Crippen LogP contribution is -2.32. The summed E-state index contributed by atoms with van der Waals surface area (Å²) < 4.78 is 12.0. The van der Waals surface area contributed by atoms with Crippen LogP contribution in [0.5, 0.6) is 5.75 Å². The Kier molecular flexibility index (Phi) is 6.65. The van der Waals surface area contributed by atoms with Crippen LogP contribution in [0.25, 0.3) is 11.1 Å². The van der Waals surface area contributed by atoms with Gasteiger partial charge in [0.2, 0.25) is 5.89 Å². The van der Waals surface area contributed by atoms with Crippen molar-refractivity contribution in [1.29, 1.82) is 0 Å². The van der Waals surface area contributed by atoms with Gasteiger partial charge in [0, 0.05) is 0 Å². The van der Waals surface area contributed by atoms with E-state index >= 15 is 0 Å². The Hall–Kier alpha value is -2.86. The number of aryl methyl sites for hydroxylation is 1. The molecule has 0 aliphatic carbocycles. The highest BCUT2D eigenvalue weighted by Gasteiger charge is 2.36. The molecule has 172 valence electrons. The van der Waals surface area contributed by atoms with E-state index in [0.717, 1.165) is 29.7 Å². The van der Waals surface area contributed by atoms with Crippen molar-refractivity contribution in [3.05, 3.63) is 59.0 Å². The second-order valence-electron chi connectivity index (χ2n) is 9.47. The summed E-state index contributed by atoms with van der Waals surface area (Å²) in [6.45, 7) is 12.4.